The minimum atomic E-state index is -0.609. The Balaban J connectivity index is 1.54. The fourth-order valence-corrected chi connectivity index (χ4v) is 3.33. The van der Waals surface area contributed by atoms with E-state index >= 15 is 0 Å². The van der Waals surface area contributed by atoms with E-state index in [0.717, 1.165) is 12.0 Å². The number of rotatable bonds is 6. The van der Waals surface area contributed by atoms with Crippen molar-refractivity contribution in [2.45, 2.75) is 19.8 Å². The SMILES string of the molecule is CCc1ccccc1NC(=O)COC(=O)[C@H]1CC(=O)N(c2cccc(Cl)c2)C1. The van der Waals surface area contributed by atoms with Crippen molar-refractivity contribution in [1.29, 1.82) is 0 Å². The van der Waals surface area contributed by atoms with E-state index in [1.807, 2.05) is 25.1 Å². The maximum Gasteiger partial charge on any atom is 0.311 e. The molecule has 2 aromatic carbocycles. The lowest BCUT2D eigenvalue weighted by Crippen LogP contribution is -2.28. The van der Waals surface area contributed by atoms with Crippen LogP contribution in [0, 0.1) is 5.92 Å². The van der Waals surface area contributed by atoms with Gasteiger partial charge >= 0.3 is 5.97 Å². The first-order valence-electron chi connectivity index (χ1n) is 9.08. The summed E-state index contributed by atoms with van der Waals surface area (Å²) in [5.74, 6) is -1.75. The fourth-order valence-electron chi connectivity index (χ4n) is 3.15. The molecule has 7 heteroatoms. The molecule has 0 aliphatic carbocycles. The third kappa shape index (κ3) is 4.70. The average molecular weight is 401 g/mol. The highest BCUT2D eigenvalue weighted by molar-refractivity contribution is 6.31. The summed E-state index contributed by atoms with van der Waals surface area (Å²) < 4.78 is 5.13. The summed E-state index contributed by atoms with van der Waals surface area (Å²) in [6, 6.07) is 14.4. The van der Waals surface area contributed by atoms with E-state index < -0.39 is 24.4 Å². The number of carbonyl (C=O) groups is 3. The Morgan fingerprint density at radius 1 is 1.21 bits per heavy atom. The van der Waals surface area contributed by atoms with E-state index in [1.54, 1.807) is 30.3 Å². The van der Waals surface area contributed by atoms with Gasteiger partial charge in [0, 0.05) is 29.4 Å². The molecule has 0 unspecified atom stereocenters. The minimum Gasteiger partial charge on any atom is -0.455 e. The molecule has 2 aromatic rings. The number of hydrogen-bond acceptors (Lipinski definition) is 4. The van der Waals surface area contributed by atoms with Crippen molar-refractivity contribution in [2.24, 2.45) is 5.92 Å². The largest absolute Gasteiger partial charge is 0.455 e. The number of anilines is 2. The summed E-state index contributed by atoms with van der Waals surface area (Å²) in [5.41, 5.74) is 2.34. The highest BCUT2D eigenvalue weighted by Gasteiger charge is 2.36. The molecule has 1 heterocycles. The molecule has 0 saturated carbocycles. The van der Waals surface area contributed by atoms with Crippen LogP contribution in [0.5, 0.6) is 0 Å². The average Bonchev–Trinajstić information content (AvgIpc) is 3.08. The van der Waals surface area contributed by atoms with E-state index in [4.69, 9.17) is 16.3 Å². The molecule has 2 amide bonds. The van der Waals surface area contributed by atoms with Crippen molar-refractivity contribution in [1.82, 2.24) is 0 Å². The zero-order chi connectivity index (χ0) is 20.1. The number of halogens is 1. The van der Waals surface area contributed by atoms with Crippen LogP contribution in [0.3, 0.4) is 0 Å². The molecule has 1 saturated heterocycles. The Kier molecular flexibility index (Phi) is 6.31. The van der Waals surface area contributed by atoms with E-state index in [1.165, 1.54) is 4.90 Å². The van der Waals surface area contributed by atoms with E-state index in [-0.39, 0.29) is 18.9 Å². The van der Waals surface area contributed by atoms with Gasteiger partial charge in [-0.1, -0.05) is 42.8 Å². The standard InChI is InChI=1S/C21H21ClN2O4/c1-2-14-6-3-4-9-18(14)23-19(25)13-28-21(27)15-10-20(26)24(12-15)17-8-5-7-16(22)11-17/h3-9,11,15H,2,10,12-13H2,1H3,(H,23,25)/t15-/m0/s1. The van der Waals surface area contributed by atoms with Crippen LogP contribution in [0.4, 0.5) is 11.4 Å². The van der Waals surface area contributed by atoms with Gasteiger partial charge in [0.1, 0.15) is 0 Å². The number of aryl methyl sites for hydroxylation is 1. The van der Waals surface area contributed by atoms with Gasteiger partial charge in [-0.25, -0.2) is 0 Å². The van der Waals surface area contributed by atoms with Crippen molar-refractivity contribution >= 4 is 40.8 Å². The second-order valence-corrected chi connectivity index (χ2v) is 6.99. The molecule has 146 valence electrons. The van der Waals surface area contributed by atoms with Crippen LogP contribution in [0.25, 0.3) is 0 Å². The van der Waals surface area contributed by atoms with Crippen LogP contribution in [0.1, 0.15) is 18.9 Å². The van der Waals surface area contributed by atoms with E-state index in [0.29, 0.717) is 16.4 Å². The van der Waals surface area contributed by atoms with E-state index in [9.17, 15) is 14.4 Å². The third-order valence-corrected chi connectivity index (χ3v) is 4.83. The van der Waals surface area contributed by atoms with Crippen LogP contribution in [-0.2, 0) is 25.5 Å². The first kappa shape index (κ1) is 19.9. The summed E-state index contributed by atoms with van der Waals surface area (Å²) in [4.78, 5) is 38.2. The number of hydrogen-bond donors (Lipinski definition) is 1. The second-order valence-electron chi connectivity index (χ2n) is 6.55. The maximum absolute atomic E-state index is 12.3. The lowest BCUT2D eigenvalue weighted by atomic mass is 10.1. The molecule has 0 aromatic heterocycles. The normalized spacial score (nSPS) is 16.1. The van der Waals surface area contributed by atoms with Gasteiger partial charge in [0.15, 0.2) is 6.61 Å². The first-order valence-corrected chi connectivity index (χ1v) is 9.46. The molecule has 1 fully saturated rings. The Morgan fingerprint density at radius 2 is 2.00 bits per heavy atom. The summed E-state index contributed by atoms with van der Waals surface area (Å²) in [6.45, 7) is 1.81. The number of ether oxygens (including phenoxy) is 1. The van der Waals surface area contributed by atoms with E-state index in [2.05, 4.69) is 5.32 Å². The van der Waals surface area contributed by atoms with Crippen LogP contribution in [-0.4, -0.2) is 30.9 Å². The van der Waals surface area contributed by atoms with Crippen molar-refractivity contribution in [2.75, 3.05) is 23.4 Å². The molecule has 28 heavy (non-hydrogen) atoms. The van der Waals surface area contributed by atoms with Gasteiger partial charge in [0.2, 0.25) is 5.91 Å². The molecule has 6 nitrogen and oxygen atoms in total. The number of esters is 1. The number of nitrogens with one attached hydrogen (secondary N) is 1. The molecule has 3 rings (SSSR count). The van der Waals surface area contributed by atoms with Crippen molar-refractivity contribution in [3.63, 3.8) is 0 Å². The summed E-state index contributed by atoms with van der Waals surface area (Å²) in [7, 11) is 0. The van der Waals surface area contributed by atoms with Gasteiger partial charge in [0.05, 0.1) is 5.92 Å². The number of amides is 2. The maximum atomic E-state index is 12.3. The van der Waals surface area contributed by atoms with Crippen LogP contribution in [0.2, 0.25) is 5.02 Å². The van der Waals surface area contributed by atoms with Crippen molar-refractivity contribution < 1.29 is 19.1 Å². The monoisotopic (exact) mass is 400 g/mol. The van der Waals surface area contributed by atoms with Crippen molar-refractivity contribution in [3.8, 4) is 0 Å². The first-order chi connectivity index (χ1) is 13.5. The Hall–Kier alpha value is -2.86. The third-order valence-electron chi connectivity index (χ3n) is 4.60. The number of benzene rings is 2. The highest BCUT2D eigenvalue weighted by atomic mass is 35.5. The Bertz CT molecular complexity index is 899. The lowest BCUT2D eigenvalue weighted by molar-refractivity contribution is -0.151. The molecule has 0 spiro atoms. The predicted octanol–water partition coefficient (Wildman–Crippen LogP) is 3.44. The molecule has 1 aliphatic heterocycles. The Morgan fingerprint density at radius 3 is 2.75 bits per heavy atom. The number of para-hydroxylation sites is 1. The van der Waals surface area contributed by atoms with Gasteiger partial charge in [-0.3, -0.25) is 14.4 Å². The molecule has 0 radical (unpaired) electrons. The zero-order valence-corrected chi connectivity index (χ0v) is 16.2. The molecule has 0 bridgehead atoms. The molecular formula is C21H21ClN2O4. The fraction of sp³-hybridized carbons (Fsp3) is 0.286. The summed E-state index contributed by atoms with van der Waals surface area (Å²) >= 11 is 5.97. The summed E-state index contributed by atoms with van der Waals surface area (Å²) in [5, 5.41) is 3.26. The quantitative estimate of drug-likeness (QED) is 0.753. The van der Waals surface area contributed by atoms with Crippen molar-refractivity contribution in [3.05, 3.63) is 59.1 Å². The van der Waals surface area contributed by atoms with Gasteiger partial charge in [-0.2, -0.15) is 0 Å². The summed E-state index contributed by atoms with van der Waals surface area (Å²) in [6.07, 6.45) is 0.825. The number of carbonyl (C=O) groups excluding carboxylic acids is 3. The molecular weight excluding hydrogens is 380 g/mol. The molecule has 1 atom stereocenters. The van der Waals surface area contributed by atoms with Crippen LogP contribution < -0.4 is 10.2 Å². The minimum absolute atomic E-state index is 0.0473. The number of nitrogens with zero attached hydrogens (tertiary/aromatic N) is 1. The van der Waals surface area contributed by atoms with Gasteiger partial charge in [0.25, 0.3) is 5.91 Å². The highest BCUT2D eigenvalue weighted by Crippen LogP contribution is 2.27. The van der Waals surface area contributed by atoms with Crippen LogP contribution >= 0.6 is 11.6 Å². The smallest absolute Gasteiger partial charge is 0.311 e. The zero-order valence-electron chi connectivity index (χ0n) is 15.5. The second kappa shape index (κ2) is 8.89. The lowest BCUT2D eigenvalue weighted by Gasteiger charge is -2.16. The Labute approximate surface area is 168 Å². The molecule has 1 aliphatic rings. The van der Waals surface area contributed by atoms with Gasteiger partial charge in [-0.15, -0.1) is 0 Å². The topological polar surface area (TPSA) is 75.7 Å². The van der Waals surface area contributed by atoms with Crippen LogP contribution in [0.15, 0.2) is 48.5 Å². The van der Waals surface area contributed by atoms with Gasteiger partial charge in [-0.05, 0) is 36.2 Å². The predicted molar refractivity (Wildman–Crippen MR) is 107 cm³/mol. The molecule has 1 N–H and O–H groups in total. The van der Waals surface area contributed by atoms with Gasteiger partial charge < -0.3 is 15.0 Å².